The van der Waals surface area contributed by atoms with Gasteiger partial charge in [0.05, 0.1) is 0 Å². The maximum absolute atomic E-state index is 12.8. The summed E-state index contributed by atoms with van der Waals surface area (Å²) in [6, 6.07) is 2.97. The molecule has 1 rings (SSSR count). The van der Waals surface area contributed by atoms with Crippen LogP contribution in [0.4, 0.5) is 13.6 Å². The molecule has 0 atom stereocenters. The first-order valence-electron chi connectivity index (χ1n) is 3.50. The molecule has 0 aliphatic heterocycles. The molecule has 0 aliphatic carbocycles. The van der Waals surface area contributed by atoms with Crippen molar-refractivity contribution in [3.05, 3.63) is 35.4 Å². The van der Waals surface area contributed by atoms with Gasteiger partial charge in [-0.25, -0.2) is 13.6 Å². The smallest absolute Gasteiger partial charge is 0.404 e. The SMILES string of the molecule is O=C(O)NCc1ccc(F)cc1F. The number of halogens is 2. The van der Waals surface area contributed by atoms with Crippen molar-refractivity contribution in [2.75, 3.05) is 0 Å². The second kappa shape index (κ2) is 3.84. The van der Waals surface area contributed by atoms with Gasteiger partial charge in [-0.05, 0) is 6.07 Å². The number of carboxylic acid groups (broad SMARTS) is 1. The van der Waals surface area contributed by atoms with Crippen LogP contribution in [-0.4, -0.2) is 11.2 Å². The van der Waals surface area contributed by atoms with Crippen LogP contribution in [0.15, 0.2) is 18.2 Å². The van der Waals surface area contributed by atoms with Crippen LogP contribution in [0.1, 0.15) is 5.56 Å². The summed E-state index contributed by atoms with van der Waals surface area (Å²) in [5, 5.41) is 10.2. The normalized spacial score (nSPS) is 9.69. The van der Waals surface area contributed by atoms with Crippen LogP contribution in [0.2, 0.25) is 0 Å². The van der Waals surface area contributed by atoms with Gasteiger partial charge in [0.15, 0.2) is 0 Å². The predicted octanol–water partition coefficient (Wildman–Crippen LogP) is 1.73. The van der Waals surface area contributed by atoms with E-state index in [1.807, 2.05) is 5.32 Å². The summed E-state index contributed by atoms with van der Waals surface area (Å²) in [5.41, 5.74) is 0.115. The molecule has 0 heterocycles. The highest BCUT2D eigenvalue weighted by Crippen LogP contribution is 2.08. The molecule has 0 fully saturated rings. The van der Waals surface area contributed by atoms with Crippen molar-refractivity contribution in [2.24, 2.45) is 0 Å². The van der Waals surface area contributed by atoms with Crippen LogP contribution in [0.5, 0.6) is 0 Å². The van der Waals surface area contributed by atoms with Crippen molar-refractivity contribution in [3.8, 4) is 0 Å². The molecule has 0 radical (unpaired) electrons. The third-order valence-corrected chi connectivity index (χ3v) is 1.45. The Morgan fingerprint density at radius 3 is 2.69 bits per heavy atom. The maximum atomic E-state index is 12.8. The lowest BCUT2D eigenvalue weighted by Gasteiger charge is -2.02. The highest BCUT2D eigenvalue weighted by atomic mass is 19.1. The summed E-state index contributed by atoms with van der Waals surface area (Å²) in [5.74, 6) is -1.44. The topological polar surface area (TPSA) is 49.3 Å². The molecule has 70 valence electrons. The molecule has 0 saturated carbocycles. The second-order valence-electron chi connectivity index (χ2n) is 2.39. The molecule has 1 aromatic rings. The minimum absolute atomic E-state index is 0.115. The summed E-state index contributed by atoms with van der Waals surface area (Å²) >= 11 is 0. The number of hydrogen-bond acceptors (Lipinski definition) is 1. The third kappa shape index (κ3) is 2.70. The van der Waals surface area contributed by atoms with Gasteiger partial charge in [0.25, 0.3) is 0 Å². The van der Waals surface area contributed by atoms with E-state index < -0.39 is 17.7 Å². The fourth-order valence-corrected chi connectivity index (χ4v) is 0.836. The molecule has 5 heteroatoms. The molecule has 0 aliphatic rings. The Morgan fingerprint density at radius 1 is 1.46 bits per heavy atom. The van der Waals surface area contributed by atoms with Gasteiger partial charge in [0.2, 0.25) is 0 Å². The average molecular weight is 187 g/mol. The zero-order chi connectivity index (χ0) is 9.84. The van der Waals surface area contributed by atoms with E-state index in [-0.39, 0.29) is 12.1 Å². The van der Waals surface area contributed by atoms with Crippen LogP contribution < -0.4 is 5.32 Å². The summed E-state index contributed by atoms with van der Waals surface area (Å²) in [7, 11) is 0. The van der Waals surface area contributed by atoms with Crippen molar-refractivity contribution in [3.63, 3.8) is 0 Å². The Labute approximate surface area is 73.0 Å². The molecule has 1 amide bonds. The minimum atomic E-state index is -1.25. The predicted molar refractivity (Wildman–Crippen MR) is 41.2 cm³/mol. The molecule has 1 aromatic carbocycles. The summed E-state index contributed by atoms with van der Waals surface area (Å²) < 4.78 is 25.2. The van der Waals surface area contributed by atoms with Crippen molar-refractivity contribution in [1.82, 2.24) is 5.32 Å². The van der Waals surface area contributed by atoms with Crippen LogP contribution in [0, 0.1) is 11.6 Å². The van der Waals surface area contributed by atoms with Gasteiger partial charge in [-0.3, -0.25) is 0 Å². The summed E-state index contributed by atoms with van der Waals surface area (Å²) in [4.78, 5) is 10.0. The first kappa shape index (κ1) is 9.44. The Kier molecular flexibility index (Phi) is 2.79. The van der Waals surface area contributed by atoms with Crippen molar-refractivity contribution in [2.45, 2.75) is 6.54 Å². The molecule has 0 aromatic heterocycles. The van der Waals surface area contributed by atoms with E-state index in [1.54, 1.807) is 0 Å². The molecule has 2 N–H and O–H groups in total. The Bertz CT molecular complexity index is 328. The lowest BCUT2D eigenvalue weighted by Crippen LogP contribution is -2.20. The maximum Gasteiger partial charge on any atom is 0.404 e. The standard InChI is InChI=1S/C8H7F2NO2/c9-6-2-1-5(7(10)3-6)4-11-8(12)13/h1-3,11H,4H2,(H,12,13). The third-order valence-electron chi connectivity index (χ3n) is 1.45. The number of benzene rings is 1. The highest BCUT2D eigenvalue weighted by molar-refractivity contribution is 5.64. The number of amides is 1. The summed E-state index contributed by atoms with van der Waals surface area (Å²) in [6.07, 6.45) is -1.25. The van der Waals surface area contributed by atoms with Gasteiger partial charge in [0, 0.05) is 18.2 Å². The van der Waals surface area contributed by atoms with Crippen LogP contribution >= 0.6 is 0 Å². The van der Waals surface area contributed by atoms with E-state index in [4.69, 9.17) is 5.11 Å². The largest absolute Gasteiger partial charge is 0.465 e. The van der Waals surface area contributed by atoms with E-state index in [2.05, 4.69) is 0 Å². The van der Waals surface area contributed by atoms with Crippen molar-refractivity contribution in [1.29, 1.82) is 0 Å². The first-order chi connectivity index (χ1) is 6.09. The molecule has 0 bridgehead atoms. The van der Waals surface area contributed by atoms with E-state index in [9.17, 15) is 13.6 Å². The van der Waals surface area contributed by atoms with Crippen LogP contribution in [0.3, 0.4) is 0 Å². The fraction of sp³-hybridized carbons (Fsp3) is 0.125. The molecular weight excluding hydrogens is 180 g/mol. The Balaban J connectivity index is 2.72. The number of nitrogens with one attached hydrogen (secondary N) is 1. The van der Waals surface area contributed by atoms with Gasteiger partial charge in [0.1, 0.15) is 11.6 Å². The highest BCUT2D eigenvalue weighted by Gasteiger charge is 2.04. The van der Waals surface area contributed by atoms with Crippen LogP contribution in [0.25, 0.3) is 0 Å². The zero-order valence-electron chi connectivity index (χ0n) is 6.55. The number of rotatable bonds is 2. The number of hydrogen-bond donors (Lipinski definition) is 2. The average Bonchev–Trinajstić information content (AvgIpc) is 2.02. The lowest BCUT2D eigenvalue weighted by atomic mass is 10.2. The van der Waals surface area contributed by atoms with Gasteiger partial charge >= 0.3 is 6.09 Å². The molecule has 13 heavy (non-hydrogen) atoms. The monoisotopic (exact) mass is 187 g/mol. The van der Waals surface area contributed by atoms with Gasteiger partial charge in [-0.2, -0.15) is 0 Å². The second-order valence-corrected chi connectivity index (χ2v) is 2.39. The molecule has 0 spiro atoms. The number of carbonyl (C=O) groups is 1. The Hall–Kier alpha value is -1.65. The lowest BCUT2D eigenvalue weighted by molar-refractivity contribution is 0.194. The summed E-state index contributed by atoms with van der Waals surface area (Å²) in [6.45, 7) is -0.165. The molecule has 0 saturated heterocycles. The quantitative estimate of drug-likeness (QED) is 0.740. The van der Waals surface area contributed by atoms with Crippen molar-refractivity contribution < 1.29 is 18.7 Å². The van der Waals surface area contributed by atoms with Gasteiger partial charge in [-0.1, -0.05) is 6.07 Å². The molecule has 0 unspecified atom stereocenters. The fourth-order valence-electron chi connectivity index (χ4n) is 0.836. The molecule has 3 nitrogen and oxygen atoms in total. The van der Waals surface area contributed by atoms with E-state index in [1.165, 1.54) is 6.07 Å². The van der Waals surface area contributed by atoms with E-state index in [0.717, 1.165) is 6.07 Å². The Morgan fingerprint density at radius 2 is 2.15 bits per heavy atom. The van der Waals surface area contributed by atoms with Crippen molar-refractivity contribution >= 4 is 6.09 Å². The van der Waals surface area contributed by atoms with Gasteiger partial charge < -0.3 is 10.4 Å². The minimum Gasteiger partial charge on any atom is -0.465 e. The first-order valence-corrected chi connectivity index (χ1v) is 3.50. The van der Waals surface area contributed by atoms with E-state index >= 15 is 0 Å². The van der Waals surface area contributed by atoms with Gasteiger partial charge in [-0.15, -0.1) is 0 Å². The van der Waals surface area contributed by atoms with E-state index in [0.29, 0.717) is 6.07 Å². The zero-order valence-corrected chi connectivity index (χ0v) is 6.55. The molecular formula is C8H7F2NO2. The van der Waals surface area contributed by atoms with Crippen LogP contribution in [-0.2, 0) is 6.54 Å².